The summed E-state index contributed by atoms with van der Waals surface area (Å²) in [6.07, 6.45) is 1.59. The molecule has 2 aromatic rings. The van der Waals surface area contributed by atoms with E-state index in [-0.39, 0.29) is 5.78 Å². The zero-order valence-corrected chi connectivity index (χ0v) is 13.2. The first-order valence-corrected chi connectivity index (χ1v) is 7.16. The normalized spacial score (nSPS) is 11.3. The van der Waals surface area contributed by atoms with Crippen LogP contribution in [0.2, 0.25) is 5.02 Å². The summed E-state index contributed by atoms with van der Waals surface area (Å²) in [5, 5.41) is 3.81. The fourth-order valence-electron chi connectivity index (χ4n) is 1.98. The molecule has 0 aliphatic rings. The Kier molecular flexibility index (Phi) is 4.81. The molecule has 0 unspecified atom stereocenters. The fraction of sp³-hybridized carbons (Fsp3) is 0.167. The molecule has 0 atom stereocenters. The summed E-state index contributed by atoms with van der Waals surface area (Å²) in [7, 11) is 0. The van der Waals surface area contributed by atoms with E-state index in [1.165, 1.54) is 0 Å². The van der Waals surface area contributed by atoms with Gasteiger partial charge in [0.25, 0.3) is 0 Å². The topological polar surface area (TPSA) is 29.1 Å². The van der Waals surface area contributed by atoms with Crippen LogP contribution >= 0.6 is 11.6 Å². The number of anilines is 1. The minimum atomic E-state index is -0.0243. The second-order valence-corrected chi connectivity index (χ2v) is 5.57. The van der Waals surface area contributed by atoms with Crippen LogP contribution in [0.4, 0.5) is 5.69 Å². The van der Waals surface area contributed by atoms with Crippen molar-refractivity contribution in [2.24, 2.45) is 0 Å². The maximum atomic E-state index is 12.2. The number of aryl methyl sites for hydroxylation is 2. The minimum Gasteiger partial charge on any atom is -0.358 e. The highest BCUT2D eigenvalue weighted by Gasteiger charge is 2.05. The Hall–Kier alpha value is -2.06. The van der Waals surface area contributed by atoms with E-state index in [1.54, 1.807) is 6.08 Å². The number of carbonyl (C=O) groups is 1. The molecule has 0 fully saturated rings. The number of ketones is 1. The van der Waals surface area contributed by atoms with Gasteiger partial charge in [-0.2, -0.15) is 0 Å². The summed E-state index contributed by atoms with van der Waals surface area (Å²) in [4.78, 5) is 12.2. The standard InChI is InChI=1S/C18H18ClNO/c1-12-4-7-15(8-5-12)18(21)11-14(3)20-17-10-13(2)6-9-16(17)19/h4-11,20H,1-3H3/b14-11+. The van der Waals surface area contributed by atoms with Gasteiger partial charge in [0.2, 0.25) is 0 Å². The van der Waals surface area contributed by atoms with Crippen molar-refractivity contribution < 1.29 is 4.79 Å². The van der Waals surface area contributed by atoms with Crippen LogP contribution in [0, 0.1) is 13.8 Å². The van der Waals surface area contributed by atoms with Gasteiger partial charge < -0.3 is 5.32 Å². The van der Waals surface area contributed by atoms with Crippen molar-refractivity contribution in [2.75, 3.05) is 5.32 Å². The van der Waals surface area contributed by atoms with Crippen molar-refractivity contribution in [1.29, 1.82) is 0 Å². The van der Waals surface area contributed by atoms with Crippen LogP contribution < -0.4 is 5.32 Å². The Morgan fingerprint density at radius 2 is 1.67 bits per heavy atom. The molecule has 108 valence electrons. The lowest BCUT2D eigenvalue weighted by Crippen LogP contribution is -2.02. The van der Waals surface area contributed by atoms with E-state index in [2.05, 4.69) is 5.32 Å². The lowest BCUT2D eigenvalue weighted by molar-refractivity contribution is 0.104. The Balaban J connectivity index is 2.15. The van der Waals surface area contributed by atoms with Crippen molar-refractivity contribution in [3.05, 3.63) is 76.0 Å². The number of hydrogen-bond acceptors (Lipinski definition) is 2. The average molecular weight is 300 g/mol. The van der Waals surface area contributed by atoms with E-state index in [0.717, 1.165) is 22.5 Å². The molecule has 0 amide bonds. The van der Waals surface area contributed by atoms with Gasteiger partial charge >= 0.3 is 0 Å². The molecule has 3 heteroatoms. The Labute approximate surface area is 130 Å². The second-order valence-electron chi connectivity index (χ2n) is 5.17. The monoisotopic (exact) mass is 299 g/mol. The summed E-state index contributed by atoms with van der Waals surface area (Å²) in [6.45, 7) is 5.85. The average Bonchev–Trinajstić information content (AvgIpc) is 2.43. The molecule has 0 bridgehead atoms. The van der Waals surface area contributed by atoms with E-state index in [1.807, 2.05) is 63.2 Å². The Morgan fingerprint density at radius 3 is 2.33 bits per heavy atom. The van der Waals surface area contributed by atoms with Gasteiger partial charge in [-0.25, -0.2) is 0 Å². The maximum Gasteiger partial charge on any atom is 0.187 e. The van der Waals surface area contributed by atoms with Gasteiger partial charge in [-0.05, 0) is 38.5 Å². The molecule has 2 rings (SSSR count). The highest BCUT2D eigenvalue weighted by molar-refractivity contribution is 6.33. The number of nitrogens with one attached hydrogen (secondary N) is 1. The molecular formula is C18H18ClNO. The molecule has 1 N–H and O–H groups in total. The lowest BCUT2D eigenvalue weighted by Gasteiger charge is -2.09. The predicted molar refractivity (Wildman–Crippen MR) is 89.1 cm³/mol. The third kappa shape index (κ3) is 4.20. The van der Waals surface area contributed by atoms with Gasteiger partial charge in [-0.15, -0.1) is 0 Å². The van der Waals surface area contributed by atoms with Crippen LogP contribution in [0.1, 0.15) is 28.4 Å². The van der Waals surface area contributed by atoms with Gasteiger partial charge in [0, 0.05) is 17.3 Å². The quantitative estimate of drug-likeness (QED) is 0.624. The zero-order chi connectivity index (χ0) is 15.4. The first-order chi connectivity index (χ1) is 9.95. The smallest absolute Gasteiger partial charge is 0.187 e. The van der Waals surface area contributed by atoms with Gasteiger partial charge in [0.1, 0.15) is 0 Å². The lowest BCUT2D eigenvalue weighted by atomic mass is 10.1. The van der Waals surface area contributed by atoms with Crippen molar-refractivity contribution >= 4 is 23.1 Å². The number of hydrogen-bond donors (Lipinski definition) is 1. The van der Waals surface area contributed by atoms with Gasteiger partial charge in [-0.1, -0.05) is 47.5 Å². The van der Waals surface area contributed by atoms with Crippen LogP contribution in [-0.2, 0) is 0 Å². The number of allylic oxidation sites excluding steroid dienone is 2. The van der Waals surface area contributed by atoms with Gasteiger partial charge in [0.05, 0.1) is 10.7 Å². The van der Waals surface area contributed by atoms with Gasteiger partial charge in [-0.3, -0.25) is 4.79 Å². The molecule has 0 aromatic heterocycles. The second kappa shape index (κ2) is 6.59. The van der Waals surface area contributed by atoms with E-state index >= 15 is 0 Å². The predicted octanol–water partition coefficient (Wildman–Crippen LogP) is 5.16. The summed E-state index contributed by atoms with van der Waals surface area (Å²) in [5.41, 5.74) is 4.49. The number of carbonyl (C=O) groups excluding carboxylic acids is 1. The van der Waals surface area contributed by atoms with E-state index in [4.69, 9.17) is 11.6 Å². The molecule has 0 aliphatic carbocycles. The molecule has 0 saturated heterocycles. The zero-order valence-electron chi connectivity index (χ0n) is 12.4. The maximum absolute atomic E-state index is 12.2. The molecule has 0 spiro atoms. The van der Waals surface area contributed by atoms with Crippen LogP contribution in [0.3, 0.4) is 0 Å². The molecule has 0 aliphatic heterocycles. The van der Waals surface area contributed by atoms with E-state index in [0.29, 0.717) is 10.6 Å². The van der Waals surface area contributed by atoms with Crippen LogP contribution in [0.15, 0.2) is 54.2 Å². The summed E-state index contributed by atoms with van der Waals surface area (Å²) in [5.74, 6) is -0.0243. The minimum absolute atomic E-state index is 0.0243. The third-order valence-electron chi connectivity index (χ3n) is 3.14. The largest absolute Gasteiger partial charge is 0.358 e. The number of benzene rings is 2. The molecule has 0 heterocycles. The van der Waals surface area contributed by atoms with Gasteiger partial charge in [0.15, 0.2) is 5.78 Å². The van der Waals surface area contributed by atoms with Crippen molar-refractivity contribution in [3.8, 4) is 0 Å². The first kappa shape index (κ1) is 15.3. The Bertz CT molecular complexity index is 687. The highest BCUT2D eigenvalue weighted by Crippen LogP contribution is 2.24. The molecule has 0 saturated carbocycles. The molecule has 0 radical (unpaired) electrons. The SMILES string of the molecule is C/C(=C\C(=O)c1ccc(C)cc1)Nc1cc(C)ccc1Cl. The van der Waals surface area contributed by atoms with Crippen LogP contribution in [0.5, 0.6) is 0 Å². The van der Waals surface area contributed by atoms with Crippen molar-refractivity contribution in [1.82, 2.24) is 0 Å². The summed E-state index contributed by atoms with van der Waals surface area (Å²) in [6, 6.07) is 13.3. The fourth-order valence-corrected chi connectivity index (χ4v) is 2.15. The van der Waals surface area contributed by atoms with E-state index < -0.39 is 0 Å². The molecule has 2 nitrogen and oxygen atoms in total. The molecule has 2 aromatic carbocycles. The van der Waals surface area contributed by atoms with Crippen molar-refractivity contribution in [2.45, 2.75) is 20.8 Å². The summed E-state index contributed by atoms with van der Waals surface area (Å²) >= 11 is 6.14. The number of rotatable bonds is 4. The number of halogens is 1. The van der Waals surface area contributed by atoms with Crippen LogP contribution in [0.25, 0.3) is 0 Å². The summed E-state index contributed by atoms with van der Waals surface area (Å²) < 4.78 is 0. The third-order valence-corrected chi connectivity index (χ3v) is 3.47. The molecule has 21 heavy (non-hydrogen) atoms. The van der Waals surface area contributed by atoms with Crippen molar-refractivity contribution in [3.63, 3.8) is 0 Å². The Morgan fingerprint density at radius 1 is 1.05 bits per heavy atom. The van der Waals surface area contributed by atoms with Crippen LogP contribution in [-0.4, -0.2) is 5.78 Å². The molecular weight excluding hydrogens is 282 g/mol. The highest BCUT2D eigenvalue weighted by atomic mass is 35.5. The first-order valence-electron chi connectivity index (χ1n) is 6.78. The van der Waals surface area contributed by atoms with E-state index in [9.17, 15) is 4.79 Å².